The lowest BCUT2D eigenvalue weighted by Crippen LogP contribution is -2.47. The molecule has 7 nitrogen and oxygen atoms in total. The number of halogens is 1. The van der Waals surface area contributed by atoms with Gasteiger partial charge in [-0.05, 0) is 48.2 Å². The zero-order chi connectivity index (χ0) is 23.5. The molecular weight excluding hydrogens is 435 g/mol. The summed E-state index contributed by atoms with van der Waals surface area (Å²) in [5.74, 6) is -1.67. The van der Waals surface area contributed by atoms with Gasteiger partial charge in [0, 0.05) is 5.70 Å². The first kappa shape index (κ1) is 23.5. The fraction of sp³-hybridized carbons (Fsp3) is 0.304. The zero-order valence-electron chi connectivity index (χ0n) is 18.0. The van der Waals surface area contributed by atoms with Crippen LogP contribution >= 0.6 is 0 Å². The molecule has 0 radical (unpaired) electrons. The molecule has 0 aliphatic carbocycles. The molecule has 170 valence electrons. The molecule has 1 heterocycles. The number of hydrogen-bond donors (Lipinski definition) is 2. The van der Waals surface area contributed by atoms with Crippen molar-refractivity contribution in [3.63, 3.8) is 0 Å². The average molecular weight is 461 g/mol. The van der Waals surface area contributed by atoms with E-state index in [1.54, 1.807) is 19.1 Å². The third kappa shape index (κ3) is 5.16. The van der Waals surface area contributed by atoms with Gasteiger partial charge in [-0.1, -0.05) is 38.1 Å². The molecule has 2 aromatic carbocycles. The SMILES string of the molecule is CCOC(=O)C1=C(CS(=O)(=O)c2ccc(F)cc2)NC(=O)N[C@H]1c1ccc(C(C)C)cc1. The molecule has 1 atom stereocenters. The van der Waals surface area contributed by atoms with Crippen molar-refractivity contribution in [2.24, 2.45) is 0 Å². The van der Waals surface area contributed by atoms with Crippen LogP contribution in [0.3, 0.4) is 0 Å². The monoisotopic (exact) mass is 460 g/mol. The van der Waals surface area contributed by atoms with Crippen molar-refractivity contribution in [1.82, 2.24) is 10.6 Å². The molecular formula is C23H25FN2O5S. The first-order chi connectivity index (χ1) is 15.1. The Balaban J connectivity index is 2.07. The van der Waals surface area contributed by atoms with Crippen molar-refractivity contribution >= 4 is 21.8 Å². The van der Waals surface area contributed by atoms with Gasteiger partial charge in [0.05, 0.1) is 28.9 Å². The van der Waals surface area contributed by atoms with Crippen LogP contribution in [-0.2, 0) is 19.4 Å². The van der Waals surface area contributed by atoms with Gasteiger partial charge in [0.15, 0.2) is 9.84 Å². The van der Waals surface area contributed by atoms with Gasteiger partial charge >= 0.3 is 12.0 Å². The van der Waals surface area contributed by atoms with E-state index >= 15 is 0 Å². The molecule has 0 bridgehead atoms. The molecule has 0 unspecified atom stereocenters. The Labute approximate surface area is 186 Å². The molecule has 0 fully saturated rings. The third-order valence-electron chi connectivity index (χ3n) is 5.09. The fourth-order valence-electron chi connectivity index (χ4n) is 3.42. The quantitative estimate of drug-likeness (QED) is 0.486. The van der Waals surface area contributed by atoms with Gasteiger partial charge in [-0.3, -0.25) is 0 Å². The molecule has 0 saturated heterocycles. The predicted octanol–water partition coefficient (Wildman–Crippen LogP) is 3.59. The van der Waals surface area contributed by atoms with E-state index < -0.39 is 39.4 Å². The second kappa shape index (κ2) is 9.52. The number of amides is 2. The summed E-state index contributed by atoms with van der Waals surface area (Å²) in [4.78, 5) is 25.1. The zero-order valence-corrected chi connectivity index (χ0v) is 18.8. The first-order valence-electron chi connectivity index (χ1n) is 10.2. The minimum absolute atomic E-state index is 0.00873. The maximum atomic E-state index is 13.2. The number of carbonyl (C=O) groups excluding carboxylic acids is 2. The van der Waals surface area contributed by atoms with Crippen LogP contribution in [0.5, 0.6) is 0 Å². The van der Waals surface area contributed by atoms with Crippen molar-refractivity contribution < 1.29 is 27.1 Å². The smallest absolute Gasteiger partial charge is 0.338 e. The molecule has 2 N–H and O–H groups in total. The van der Waals surface area contributed by atoms with Gasteiger partial charge in [0.25, 0.3) is 0 Å². The lowest BCUT2D eigenvalue weighted by molar-refractivity contribution is -0.139. The Hall–Kier alpha value is -3.20. The Morgan fingerprint density at radius 3 is 2.28 bits per heavy atom. The van der Waals surface area contributed by atoms with Crippen LogP contribution in [0.2, 0.25) is 0 Å². The van der Waals surface area contributed by atoms with E-state index in [2.05, 4.69) is 10.6 Å². The number of benzene rings is 2. The van der Waals surface area contributed by atoms with Crippen molar-refractivity contribution in [2.45, 2.75) is 37.6 Å². The lowest BCUT2D eigenvalue weighted by atomic mass is 9.93. The van der Waals surface area contributed by atoms with Crippen LogP contribution < -0.4 is 10.6 Å². The Bertz CT molecular complexity index is 1140. The maximum absolute atomic E-state index is 13.2. The highest BCUT2D eigenvalue weighted by Crippen LogP contribution is 2.30. The number of rotatable bonds is 7. The third-order valence-corrected chi connectivity index (χ3v) is 6.75. The minimum atomic E-state index is -3.98. The molecule has 1 aliphatic heterocycles. The van der Waals surface area contributed by atoms with E-state index in [0.717, 1.165) is 29.8 Å². The van der Waals surface area contributed by atoms with E-state index in [0.29, 0.717) is 11.5 Å². The summed E-state index contributed by atoms with van der Waals surface area (Å²) in [5.41, 5.74) is 1.63. The van der Waals surface area contributed by atoms with Crippen molar-refractivity contribution in [2.75, 3.05) is 12.4 Å². The van der Waals surface area contributed by atoms with Crippen molar-refractivity contribution in [1.29, 1.82) is 0 Å². The second-order valence-electron chi connectivity index (χ2n) is 7.68. The highest BCUT2D eigenvalue weighted by Gasteiger charge is 2.35. The molecule has 1 aliphatic rings. The highest BCUT2D eigenvalue weighted by molar-refractivity contribution is 7.91. The van der Waals surface area contributed by atoms with E-state index in [1.807, 2.05) is 26.0 Å². The summed E-state index contributed by atoms with van der Waals surface area (Å²) in [5, 5.41) is 5.13. The normalized spacial score (nSPS) is 16.5. The summed E-state index contributed by atoms with van der Waals surface area (Å²) in [6.45, 7) is 5.80. The summed E-state index contributed by atoms with van der Waals surface area (Å²) >= 11 is 0. The second-order valence-corrected chi connectivity index (χ2v) is 9.67. The average Bonchev–Trinajstić information content (AvgIpc) is 2.73. The Morgan fingerprint density at radius 2 is 1.72 bits per heavy atom. The molecule has 2 aromatic rings. The van der Waals surface area contributed by atoms with Crippen LogP contribution in [-0.4, -0.2) is 32.8 Å². The Morgan fingerprint density at radius 1 is 1.09 bits per heavy atom. The molecule has 0 saturated carbocycles. The summed E-state index contributed by atoms with van der Waals surface area (Å²) in [6, 6.07) is 10.2. The van der Waals surface area contributed by atoms with Gasteiger partial charge < -0.3 is 15.4 Å². The predicted molar refractivity (Wildman–Crippen MR) is 117 cm³/mol. The molecule has 0 spiro atoms. The summed E-state index contributed by atoms with van der Waals surface area (Å²) < 4.78 is 44.2. The molecule has 32 heavy (non-hydrogen) atoms. The Kier molecular flexibility index (Phi) is 6.98. The highest BCUT2D eigenvalue weighted by atomic mass is 32.2. The largest absolute Gasteiger partial charge is 0.463 e. The van der Waals surface area contributed by atoms with Gasteiger partial charge in [-0.25, -0.2) is 22.4 Å². The molecule has 2 amide bonds. The number of esters is 1. The number of hydrogen-bond acceptors (Lipinski definition) is 5. The van der Waals surface area contributed by atoms with Crippen LogP contribution in [0.25, 0.3) is 0 Å². The standard InChI is InChI=1S/C23H25FN2O5S/c1-4-31-22(27)20-19(13-32(29,30)18-11-9-17(24)10-12-18)25-23(28)26-21(20)16-7-5-15(6-8-16)14(2)3/h5-12,14,21H,4,13H2,1-3H3,(H2,25,26,28)/t21-/m0/s1. The summed E-state index contributed by atoms with van der Waals surface area (Å²) in [6.07, 6.45) is 0. The van der Waals surface area contributed by atoms with Crippen molar-refractivity contribution in [3.8, 4) is 0 Å². The van der Waals surface area contributed by atoms with Gasteiger partial charge in [0.2, 0.25) is 0 Å². The lowest BCUT2D eigenvalue weighted by Gasteiger charge is -2.29. The fourth-order valence-corrected chi connectivity index (χ4v) is 4.75. The van der Waals surface area contributed by atoms with Gasteiger partial charge in [0.1, 0.15) is 5.82 Å². The topological polar surface area (TPSA) is 102 Å². The number of nitrogens with one attached hydrogen (secondary N) is 2. The molecule has 9 heteroatoms. The number of sulfone groups is 1. The number of ether oxygens (including phenoxy) is 1. The van der Waals surface area contributed by atoms with Gasteiger partial charge in [-0.15, -0.1) is 0 Å². The van der Waals surface area contributed by atoms with E-state index in [-0.39, 0.29) is 22.8 Å². The molecule has 3 rings (SSSR count). The number of urea groups is 1. The van der Waals surface area contributed by atoms with Crippen LogP contribution in [0.4, 0.5) is 9.18 Å². The van der Waals surface area contributed by atoms with E-state index in [9.17, 15) is 22.4 Å². The van der Waals surface area contributed by atoms with Crippen LogP contribution in [0, 0.1) is 5.82 Å². The molecule has 0 aromatic heterocycles. The van der Waals surface area contributed by atoms with Crippen molar-refractivity contribution in [3.05, 3.63) is 76.7 Å². The number of carbonyl (C=O) groups is 2. The van der Waals surface area contributed by atoms with Crippen LogP contribution in [0.15, 0.2) is 64.7 Å². The van der Waals surface area contributed by atoms with E-state index in [1.165, 1.54) is 0 Å². The first-order valence-corrected chi connectivity index (χ1v) is 11.8. The van der Waals surface area contributed by atoms with Gasteiger partial charge in [-0.2, -0.15) is 0 Å². The summed E-state index contributed by atoms with van der Waals surface area (Å²) in [7, 11) is -3.98. The maximum Gasteiger partial charge on any atom is 0.338 e. The van der Waals surface area contributed by atoms with E-state index in [4.69, 9.17) is 4.74 Å². The minimum Gasteiger partial charge on any atom is -0.463 e. The van der Waals surface area contributed by atoms with Crippen LogP contribution in [0.1, 0.15) is 43.9 Å².